The van der Waals surface area contributed by atoms with Gasteiger partial charge in [-0.05, 0) is 24.7 Å². The second kappa shape index (κ2) is 7.41. The van der Waals surface area contributed by atoms with Crippen LogP contribution >= 0.6 is 12.2 Å². The van der Waals surface area contributed by atoms with Crippen molar-refractivity contribution in [3.8, 4) is 0 Å². The van der Waals surface area contributed by atoms with Gasteiger partial charge in [0.25, 0.3) is 0 Å². The Morgan fingerprint density at radius 1 is 1.40 bits per heavy atom. The van der Waals surface area contributed by atoms with Crippen molar-refractivity contribution >= 4 is 17.3 Å². The van der Waals surface area contributed by atoms with E-state index in [1.165, 1.54) is 11.1 Å². The number of rotatable bonds is 4. The molecule has 1 aromatic carbocycles. The van der Waals surface area contributed by atoms with E-state index in [1.807, 2.05) is 6.08 Å². The van der Waals surface area contributed by atoms with Crippen LogP contribution in [0.1, 0.15) is 11.1 Å². The zero-order valence-electron chi connectivity index (χ0n) is 12.2. The Balaban J connectivity index is 1.81. The van der Waals surface area contributed by atoms with Gasteiger partial charge in [-0.15, -0.1) is 6.58 Å². The van der Waals surface area contributed by atoms with Crippen molar-refractivity contribution in [3.63, 3.8) is 0 Å². The summed E-state index contributed by atoms with van der Waals surface area (Å²) in [6.45, 7) is 12.1. The minimum atomic E-state index is 0.745. The lowest BCUT2D eigenvalue weighted by molar-refractivity contribution is -0.917. The molecule has 1 aliphatic rings. The fourth-order valence-corrected chi connectivity index (χ4v) is 2.82. The number of hydrogen-bond donors (Lipinski definition) is 2. The zero-order valence-corrected chi connectivity index (χ0v) is 13.0. The number of hydrogen-bond acceptors (Lipinski definition) is 1. The molecule has 20 heavy (non-hydrogen) atoms. The van der Waals surface area contributed by atoms with Gasteiger partial charge in [-0.1, -0.05) is 30.3 Å². The molecule has 1 aliphatic heterocycles. The maximum absolute atomic E-state index is 5.39. The Hall–Kier alpha value is -1.39. The topological polar surface area (TPSA) is 19.7 Å². The van der Waals surface area contributed by atoms with Crippen molar-refractivity contribution < 1.29 is 4.90 Å². The zero-order chi connectivity index (χ0) is 14.4. The summed E-state index contributed by atoms with van der Waals surface area (Å²) in [5.41, 5.74) is 2.86. The van der Waals surface area contributed by atoms with Gasteiger partial charge in [0.2, 0.25) is 0 Å². The molecule has 1 heterocycles. The highest BCUT2D eigenvalue weighted by molar-refractivity contribution is 7.80. The van der Waals surface area contributed by atoms with Crippen LogP contribution in [0.3, 0.4) is 0 Å². The molecule has 1 aromatic rings. The van der Waals surface area contributed by atoms with E-state index in [0.717, 1.165) is 44.4 Å². The lowest BCUT2D eigenvalue weighted by atomic mass is 10.1. The molecule has 2 rings (SSSR count). The van der Waals surface area contributed by atoms with Gasteiger partial charge >= 0.3 is 0 Å². The van der Waals surface area contributed by atoms with E-state index in [1.54, 1.807) is 4.90 Å². The summed E-state index contributed by atoms with van der Waals surface area (Å²) in [4.78, 5) is 3.90. The largest absolute Gasteiger partial charge is 0.359 e. The summed E-state index contributed by atoms with van der Waals surface area (Å²) in [5.74, 6) is 0. The first-order valence-corrected chi connectivity index (χ1v) is 7.63. The Labute approximate surface area is 127 Å². The normalized spacial score (nSPS) is 15.9. The van der Waals surface area contributed by atoms with E-state index < -0.39 is 0 Å². The number of piperazine rings is 1. The van der Waals surface area contributed by atoms with Gasteiger partial charge in [-0.25, -0.2) is 0 Å². The fourth-order valence-electron chi connectivity index (χ4n) is 2.55. The minimum absolute atomic E-state index is 0.745. The van der Waals surface area contributed by atoms with Gasteiger partial charge in [-0.3, -0.25) is 0 Å². The third-order valence-corrected chi connectivity index (χ3v) is 4.26. The van der Waals surface area contributed by atoms with Crippen molar-refractivity contribution in [2.75, 3.05) is 32.7 Å². The second-order valence-corrected chi connectivity index (χ2v) is 5.70. The fraction of sp³-hybridized carbons (Fsp3) is 0.438. The summed E-state index contributed by atoms with van der Waals surface area (Å²) in [6, 6.07) is 8.67. The molecule has 0 unspecified atom stereocenters. The second-order valence-electron chi connectivity index (χ2n) is 5.32. The summed E-state index contributed by atoms with van der Waals surface area (Å²) in [7, 11) is 0. The van der Waals surface area contributed by atoms with Crippen LogP contribution in [-0.2, 0) is 6.54 Å². The predicted molar refractivity (Wildman–Crippen MR) is 88.0 cm³/mol. The summed E-state index contributed by atoms with van der Waals surface area (Å²) < 4.78 is 0. The lowest BCUT2D eigenvalue weighted by Crippen LogP contribution is -3.13. The third kappa shape index (κ3) is 4.05. The van der Waals surface area contributed by atoms with Crippen LogP contribution < -0.4 is 10.2 Å². The van der Waals surface area contributed by atoms with Crippen LogP contribution in [0.2, 0.25) is 0 Å². The van der Waals surface area contributed by atoms with E-state index >= 15 is 0 Å². The first-order valence-electron chi connectivity index (χ1n) is 7.22. The predicted octanol–water partition coefficient (Wildman–Crippen LogP) is 0.756. The molecular formula is C16H24N3S+. The highest BCUT2D eigenvalue weighted by Gasteiger charge is 2.21. The van der Waals surface area contributed by atoms with Crippen molar-refractivity contribution in [2.24, 2.45) is 0 Å². The minimum Gasteiger partial charge on any atom is -0.359 e. The molecule has 0 atom stereocenters. The van der Waals surface area contributed by atoms with E-state index in [-0.39, 0.29) is 0 Å². The molecule has 0 bridgehead atoms. The third-order valence-electron chi connectivity index (χ3n) is 3.86. The van der Waals surface area contributed by atoms with E-state index in [2.05, 4.69) is 48.0 Å². The Bertz CT molecular complexity index is 465. The maximum atomic E-state index is 5.39. The van der Waals surface area contributed by atoms with Crippen LogP contribution in [0.25, 0.3) is 0 Å². The van der Waals surface area contributed by atoms with E-state index in [0.29, 0.717) is 0 Å². The molecule has 1 saturated heterocycles. The Morgan fingerprint density at radius 3 is 2.75 bits per heavy atom. The monoisotopic (exact) mass is 290 g/mol. The standard InChI is InChI=1S/C16H23N3S/c1-3-8-17-16(20)19-11-9-18(10-12-19)13-15-7-5-4-6-14(15)2/h3-7H,1,8-13H2,2H3,(H,17,20)/p+1. The Morgan fingerprint density at radius 2 is 2.10 bits per heavy atom. The van der Waals surface area contributed by atoms with E-state index in [9.17, 15) is 0 Å². The number of nitrogens with zero attached hydrogens (tertiary/aromatic N) is 1. The van der Waals surface area contributed by atoms with Crippen molar-refractivity contribution in [2.45, 2.75) is 13.5 Å². The SMILES string of the molecule is C=CCNC(=S)N1CC[NH+](Cc2ccccc2C)CC1. The van der Waals surface area contributed by atoms with Gasteiger partial charge in [0.1, 0.15) is 6.54 Å². The first kappa shape index (κ1) is 15.0. The first-order chi connectivity index (χ1) is 9.70. The highest BCUT2D eigenvalue weighted by atomic mass is 32.1. The maximum Gasteiger partial charge on any atom is 0.169 e. The van der Waals surface area contributed by atoms with E-state index in [4.69, 9.17) is 12.2 Å². The van der Waals surface area contributed by atoms with Crippen LogP contribution in [0, 0.1) is 6.92 Å². The van der Waals surface area contributed by atoms with Crippen LogP contribution in [0.5, 0.6) is 0 Å². The number of aryl methyl sites for hydroxylation is 1. The molecule has 1 fully saturated rings. The van der Waals surface area contributed by atoms with Crippen molar-refractivity contribution in [1.29, 1.82) is 0 Å². The van der Waals surface area contributed by atoms with Crippen molar-refractivity contribution in [3.05, 3.63) is 48.0 Å². The average Bonchev–Trinajstić information content (AvgIpc) is 2.48. The summed E-state index contributed by atoms with van der Waals surface area (Å²) in [5, 5.41) is 4.07. The molecule has 0 spiro atoms. The molecule has 0 amide bonds. The van der Waals surface area contributed by atoms with Gasteiger partial charge < -0.3 is 15.1 Å². The van der Waals surface area contributed by atoms with Gasteiger partial charge in [-0.2, -0.15) is 0 Å². The molecule has 2 N–H and O–H groups in total. The smallest absolute Gasteiger partial charge is 0.169 e. The summed E-state index contributed by atoms with van der Waals surface area (Å²) >= 11 is 5.39. The van der Waals surface area contributed by atoms with Crippen molar-refractivity contribution in [1.82, 2.24) is 10.2 Å². The average molecular weight is 290 g/mol. The molecule has 108 valence electrons. The molecule has 3 nitrogen and oxygen atoms in total. The number of nitrogens with one attached hydrogen (secondary N) is 2. The van der Waals surface area contributed by atoms with Gasteiger partial charge in [0.15, 0.2) is 5.11 Å². The summed E-state index contributed by atoms with van der Waals surface area (Å²) in [6.07, 6.45) is 1.84. The number of benzene rings is 1. The van der Waals surface area contributed by atoms with Crippen LogP contribution in [-0.4, -0.2) is 42.7 Å². The highest BCUT2D eigenvalue weighted by Crippen LogP contribution is 2.05. The van der Waals surface area contributed by atoms with Gasteiger partial charge in [0.05, 0.1) is 26.2 Å². The number of quaternary nitrogens is 1. The van der Waals surface area contributed by atoms with Crippen LogP contribution in [0.4, 0.5) is 0 Å². The Kier molecular flexibility index (Phi) is 5.56. The molecule has 0 radical (unpaired) electrons. The van der Waals surface area contributed by atoms with Gasteiger partial charge in [0, 0.05) is 12.1 Å². The van der Waals surface area contributed by atoms with Crippen LogP contribution in [0.15, 0.2) is 36.9 Å². The molecule has 4 heteroatoms. The quantitative estimate of drug-likeness (QED) is 0.631. The molecule has 0 aliphatic carbocycles. The molecule has 0 aromatic heterocycles. The number of thiocarbonyl (C=S) groups is 1. The molecular weight excluding hydrogens is 266 g/mol. The lowest BCUT2D eigenvalue weighted by Gasteiger charge is -2.34. The molecule has 0 saturated carbocycles.